The summed E-state index contributed by atoms with van der Waals surface area (Å²) in [4.78, 5) is 11.9. The molecule has 0 spiro atoms. The van der Waals surface area contributed by atoms with Crippen molar-refractivity contribution in [2.75, 3.05) is 26.8 Å². The Balaban J connectivity index is 2.19. The third-order valence-electron chi connectivity index (χ3n) is 3.89. The van der Waals surface area contributed by atoms with E-state index in [-0.39, 0.29) is 5.78 Å². The molecule has 2 aliphatic heterocycles. The molecule has 2 heterocycles. The minimum atomic E-state index is 0.0834. The van der Waals surface area contributed by atoms with Crippen LogP contribution in [0.3, 0.4) is 0 Å². The van der Waals surface area contributed by atoms with Gasteiger partial charge in [0.2, 0.25) is 0 Å². The molecule has 0 aromatic heterocycles. The molecule has 0 atom stereocenters. The summed E-state index contributed by atoms with van der Waals surface area (Å²) in [6.45, 7) is 3.86. The topological polar surface area (TPSA) is 47.6 Å². The first-order valence-electron chi connectivity index (χ1n) is 6.85. The number of Topliss-reactive ketones (excluding diaryl/α,β-unsaturated/α-hetero) is 1. The molecule has 0 amide bonds. The van der Waals surface area contributed by atoms with Gasteiger partial charge in [0.25, 0.3) is 0 Å². The lowest BCUT2D eigenvalue weighted by Crippen LogP contribution is -2.13. The zero-order chi connectivity index (χ0) is 13.4. The number of rotatable bonds is 4. The van der Waals surface area contributed by atoms with E-state index < -0.39 is 0 Å². The van der Waals surface area contributed by atoms with Gasteiger partial charge in [0.05, 0.1) is 18.8 Å². The Morgan fingerprint density at radius 1 is 1.16 bits per heavy atom. The van der Waals surface area contributed by atoms with Crippen LogP contribution in [-0.4, -0.2) is 32.6 Å². The van der Waals surface area contributed by atoms with Gasteiger partial charge in [0.15, 0.2) is 5.78 Å². The van der Waals surface area contributed by atoms with Gasteiger partial charge >= 0.3 is 0 Å². The van der Waals surface area contributed by atoms with Gasteiger partial charge in [-0.25, -0.2) is 0 Å². The van der Waals surface area contributed by atoms with Crippen LogP contribution in [0.25, 0.3) is 0 Å². The fourth-order valence-corrected chi connectivity index (χ4v) is 3.09. The Kier molecular flexibility index (Phi) is 3.19. The van der Waals surface area contributed by atoms with Gasteiger partial charge in [-0.1, -0.05) is 0 Å². The molecule has 0 aliphatic carbocycles. The van der Waals surface area contributed by atoms with Crippen molar-refractivity contribution in [1.82, 2.24) is 5.32 Å². The molecule has 0 fully saturated rings. The Labute approximate surface area is 113 Å². The number of nitrogens with one attached hydrogen (secondary N) is 1. The molecule has 19 heavy (non-hydrogen) atoms. The fourth-order valence-electron chi connectivity index (χ4n) is 3.09. The largest absolute Gasteiger partial charge is 0.493 e. The number of likely N-dealkylation sites (N-methyl/N-ethyl adjacent to an activating group) is 1. The average molecular weight is 261 g/mol. The van der Waals surface area contributed by atoms with Crippen molar-refractivity contribution in [2.45, 2.75) is 26.2 Å². The van der Waals surface area contributed by atoms with E-state index in [4.69, 9.17) is 9.47 Å². The maximum absolute atomic E-state index is 11.9. The monoisotopic (exact) mass is 261 g/mol. The summed E-state index contributed by atoms with van der Waals surface area (Å²) in [6.07, 6.45) is 2.61. The van der Waals surface area contributed by atoms with Gasteiger partial charge in [-0.3, -0.25) is 4.79 Å². The summed E-state index contributed by atoms with van der Waals surface area (Å²) >= 11 is 0. The lowest BCUT2D eigenvalue weighted by atomic mass is 9.91. The first-order chi connectivity index (χ1) is 9.24. The van der Waals surface area contributed by atoms with E-state index in [1.807, 2.05) is 7.05 Å². The summed E-state index contributed by atoms with van der Waals surface area (Å²) < 4.78 is 11.5. The zero-order valence-corrected chi connectivity index (χ0v) is 11.5. The summed E-state index contributed by atoms with van der Waals surface area (Å²) in [5.41, 5.74) is 4.23. The maximum Gasteiger partial charge on any atom is 0.163 e. The number of ketones is 1. The smallest absolute Gasteiger partial charge is 0.163 e. The number of hydrogen-bond acceptors (Lipinski definition) is 4. The molecule has 4 heteroatoms. The molecule has 1 aromatic rings. The second-order valence-electron chi connectivity index (χ2n) is 5.08. The quantitative estimate of drug-likeness (QED) is 0.835. The molecular weight excluding hydrogens is 242 g/mol. The predicted octanol–water partition coefficient (Wildman–Crippen LogP) is 1.52. The zero-order valence-electron chi connectivity index (χ0n) is 11.5. The van der Waals surface area contributed by atoms with E-state index in [9.17, 15) is 4.79 Å². The summed E-state index contributed by atoms with van der Waals surface area (Å²) in [7, 11) is 1.95. The number of carbonyl (C=O) groups excluding carboxylic acids is 1. The van der Waals surface area contributed by atoms with Crippen LogP contribution >= 0.6 is 0 Å². The average Bonchev–Trinajstić information content (AvgIpc) is 3.01. The minimum absolute atomic E-state index is 0.0834. The van der Waals surface area contributed by atoms with Gasteiger partial charge in [0.1, 0.15) is 11.5 Å². The van der Waals surface area contributed by atoms with Crippen LogP contribution in [0.5, 0.6) is 11.5 Å². The molecule has 1 N–H and O–H groups in total. The molecule has 2 aliphatic rings. The van der Waals surface area contributed by atoms with Gasteiger partial charge < -0.3 is 14.8 Å². The number of carbonyl (C=O) groups is 1. The predicted molar refractivity (Wildman–Crippen MR) is 72.5 cm³/mol. The van der Waals surface area contributed by atoms with Gasteiger partial charge in [-0.2, -0.15) is 0 Å². The van der Waals surface area contributed by atoms with E-state index in [0.717, 1.165) is 48.4 Å². The molecule has 0 bridgehead atoms. The van der Waals surface area contributed by atoms with Crippen molar-refractivity contribution in [3.05, 3.63) is 22.3 Å². The Morgan fingerprint density at radius 3 is 2.53 bits per heavy atom. The first kappa shape index (κ1) is 12.5. The Bertz CT molecular complexity index is 502. The van der Waals surface area contributed by atoms with Crippen molar-refractivity contribution in [3.8, 4) is 11.5 Å². The van der Waals surface area contributed by atoms with E-state index in [1.165, 1.54) is 11.1 Å². The normalized spacial score (nSPS) is 15.7. The summed E-state index contributed by atoms with van der Waals surface area (Å²) in [5, 5.41) is 3.17. The number of ether oxygens (including phenoxy) is 2. The molecule has 0 radical (unpaired) electrons. The highest BCUT2D eigenvalue weighted by molar-refractivity contribution is 6.00. The second kappa shape index (κ2) is 4.85. The minimum Gasteiger partial charge on any atom is -0.493 e. The van der Waals surface area contributed by atoms with Crippen LogP contribution in [-0.2, 0) is 19.3 Å². The van der Waals surface area contributed by atoms with Crippen LogP contribution in [0, 0.1) is 0 Å². The van der Waals surface area contributed by atoms with Crippen LogP contribution in [0.2, 0.25) is 0 Å². The van der Waals surface area contributed by atoms with Crippen LogP contribution in [0.4, 0.5) is 0 Å². The van der Waals surface area contributed by atoms with Gasteiger partial charge in [-0.15, -0.1) is 0 Å². The first-order valence-corrected chi connectivity index (χ1v) is 6.85. The molecule has 4 nitrogen and oxygen atoms in total. The SMILES string of the molecule is CNCCc1c2c(c(C(C)=O)c3c1OCC3)OCC2. The van der Waals surface area contributed by atoms with Crippen molar-refractivity contribution in [3.63, 3.8) is 0 Å². The highest BCUT2D eigenvalue weighted by Crippen LogP contribution is 2.44. The van der Waals surface area contributed by atoms with Crippen molar-refractivity contribution in [1.29, 1.82) is 0 Å². The van der Waals surface area contributed by atoms with E-state index in [0.29, 0.717) is 13.2 Å². The third kappa shape index (κ3) is 1.91. The maximum atomic E-state index is 11.9. The number of benzene rings is 1. The van der Waals surface area contributed by atoms with Gasteiger partial charge in [-0.05, 0) is 26.9 Å². The van der Waals surface area contributed by atoms with E-state index in [1.54, 1.807) is 6.92 Å². The standard InChI is InChI=1S/C15H19NO3/c1-9(17)13-12-5-8-18-14(12)10(3-6-16-2)11-4-7-19-15(11)13/h16H,3-8H2,1-2H3. The van der Waals surface area contributed by atoms with Crippen molar-refractivity contribution in [2.24, 2.45) is 0 Å². The number of fused-ring (bicyclic) bond motifs is 2. The number of hydrogen-bond donors (Lipinski definition) is 1. The highest BCUT2D eigenvalue weighted by atomic mass is 16.5. The molecule has 0 unspecified atom stereocenters. The van der Waals surface area contributed by atoms with Crippen LogP contribution in [0.1, 0.15) is 34.0 Å². The Hall–Kier alpha value is -1.55. The lowest BCUT2D eigenvalue weighted by Gasteiger charge is -2.16. The van der Waals surface area contributed by atoms with Crippen molar-refractivity contribution < 1.29 is 14.3 Å². The fraction of sp³-hybridized carbons (Fsp3) is 0.533. The van der Waals surface area contributed by atoms with Crippen molar-refractivity contribution >= 4 is 5.78 Å². The van der Waals surface area contributed by atoms with Crippen LogP contribution in [0.15, 0.2) is 0 Å². The molecule has 1 aromatic carbocycles. The molecular formula is C15H19NO3. The van der Waals surface area contributed by atoms with Gasteiger partial charge in [0, 0.05) is 29.5 Å². The highest BCUT2D eigenvalue weighted by Gasteiger charge is 2.32. The molecule has 0 saturated carbocycles. The summed E-state index contributed by atoms with van der Waals surface area (Å²) in [6, 6.07) is 0. The lowest BCUT2D eigenvalue weighted by molar-refractivity contribution is 0.101. The Morgan fingerprint density at radius 2 is 1.84 bits per heavy atom. The van der Waals surface area contributed by atoms with Crippen LogP contribution < -0.4 is 14.8 Å². The van der Waals surface area contributed by atoms with E-state index >= 15 is 0 Å². The van der Waals surface area contributed by atoms with E-state index in [2.05, 4.69) is 5.32 Å². The molecule has 0 saturated heterocycles. The summed E-state index contributed by atoms with van der Waals surface area (Å²) in [5.74, 6) is 1.85. The second-order valence-corrected chi connectivity index (χ2v) is 5.08. The third-order valence-corrected chi connectivity index (χ3v) is 3.89. The molecule has 3 rings (SSSR count). The molecule has 102 valence electrons.